The molecule has 2 aromatic carbocycles. The molecule has 0 amide bonds. The fourth-order valence-corrected chi connectivity index (χ4v) is 3.73. The monoisotopic (exact) mass is 364 g/mol. The van der Waals surface area contributed by atoms with Crippen LogP contribution in [0.2, 0.25) is 0 Å². The van der Waals surface area contributed by atoms with Crippen LogP contribution in [-0.4, -0.2) is 23.2 Å². The van der Waals surface area contributed by atoms with E-state index in [2.05, 4.69) is 14.8 Å². The van der Waals surface area contributed by atoms with Gasteiger partial charge in [0.2, 0.25) is 10.0 Å². The van der Waals surface area contributed by atoms with Crippen molar-refractivity contribution >= 4 is 10.0 Å². The topological polar surface area (TPSA) is 76.9 Å². The summed E-state index contributed by atoms with van der Waals surface area (Å²) in [5.74, 6) is -2.28. The van der Waals surface area contributed by atoms with Crippen molar-refractivity contribution in [3.63, 3.8) is 0 Å². The van der Waals surface area contributed by atoms with E-state index in [1.807, 2.05) is 0 Å². The summed E-state index contributed by atoms with van der Waals surface area (Å²) in [6, 6.07) is 9.08. The molecule has 25 heavy (non-hydrogen) atoms. The number of sulfonamides is 1. The highest BCUT2D eigenvalue weighted by atomic mass is 32.2. The van der Waals surface area contributed by atoms with Crippen molar-refractivity contribution < 1.29 is 17.2 Å². The third-order valence-corrected chi connectivity index (χ3v) is 5.19. The van der Waals surface area contributed by atoms with Gasteiger partial charge in [-0.05, 0) is 36.8 Å². The first kappa shape index (κ1) is 17.2. The highest BCUT2D eigenvalue weighted by molar-refractivity contribution is 7.89. The summed E-state index contributed by atoms with van der Waals surface area (Å²) in [5, 5.41) is 3.99. The number of hydrogen-bond donors (Lipinski definition) is 1. The molecule has 0 spiro atoms. The lowest BCUT2D eigenvalue weighted by Gasteiger charge is -2.16. The Hall–Kier alpha value is -2.65. The summed E-state index contributed by atoms with van der Waals surface area (Å²) in [4.78, 5) is 2.86. The molecular weight excluding hydrogens is 350 g/mol. The fraction of sp³-hybridized carbons (Fsp3) is 0.125. The molecular formula is C16H14F2N4O2S. The number of nitrogens with one attached hydrogen (secondary N) is 1. The maximum atomic E-state index is 13.7. The van der Waals surface area contributed by atoms with Crippen LogP contribution < -0.4 is 4.72 Å². The molecule has 130 valence electrons. The largest absolute Gasteiger partial charge is 0.246 e. The Morgan fingerprint density at radius 1 is 1.08 bits per heavy atom. The van der Waals surface area contributed by atoms with Crippen LogP contribution in [0.1, 0.15) is 18.5 Å². The van der Waals surface area contributed by atoms with Gasteiger partial charge in [0.1, 0.15) is 24.3 Å². The molecule has 3 rings (SSSR count). The molecule has 6 nitrogen and oxygen atoms in total. The molecule has 0 saturated heterocycles. The zero-order valence-electron chi connectivity index (χ0n) is 13.1. The standard InChI is InChI=1S/C16H14F2N4O2S/c1-11(12-5-7-13(8-6-12)22-10-19-9-20-22)21-25(23,24)16-14(17)3-2-4-15(16)18/h2-11,21H,1H3. The van der Waals surface area contributed by atoms with Gasteiger partial charge in [-0.2, -0.15) is 5.10 Å². The van der Waals surface area contributed by atoms with Gasteiger partial charge in [0, 0.05) is 6.04 Å². The van der Waals surface area contributed by atoms with Gasteiger partial charge in [-0.1, -0.05) is 18.2 Å². The summed E-state index contributed by atoms with van der Waals surface area (Å²) in [5.41, 5.74) is 1.38. The van der Waals surface area contributed by atoms with Crippen molar-refractivity contribution in [2.45, 2.75) is 17.9 Å². The molecule has 0 aliphatic heterocycles. The molecule has 9 heteroatoms. The van der Waals surface area contributed by atoms with Crippen LogP contribution in [0, 0.1) is 11.6 Å². The summed E-state index contributed by atoms with van der Waals surface area (Å²) in [6.07, 6.45) is 2.93. The van der Waals surface area contributed by atoms with Crippen molar-refractivity contribution in [2.75, 3.05) is 0 Å². The lowest BCUT2D eigenvalue weighted by molar-refractivity contribution is 0.509. The van der Waals surface area contributed by atoms with Crippen LogP contribution in [-0.2, 0) is 10.0 Å². The average molecular weight is 364 g/mol. The molecule has 1 N–H and O–H groups in total. The lowest BCUT2D eigenvalue weighted by atomic mass is 10.1. The maximum absolute atomic E-state index is 13.7. The molecule has 1 heterocycles. The van der Waals surface area contributed by atoms with Crippen LogP contribution in [0.4, 0.5) is 8.78 Å². The Morgan fingerprint density at radius 2 is 1.72 bits per heavy atom. The number of nitrogens with zero attached hydrogens (tertiary/aromatic N) is 3. The van der Waals surface area contributed by atoms with E-state index in [0.717, 1.165) is 23.9 Å². The van der Waals surface area contributed by atoms with Gasteiger partial charge in [-0.25, -0.2) is 31.6 Å². The van der Waals surface area contributed by atoms with E-state index in [9.17, 15) is 17.2 Å². The smallest absolute Gasteiger partial charge is 0.223 e. The molecule has 3 aromatic rings. The minimum absolute atomic E-state index is 0.629. The third-order valence-electron chi connectivity index (χ3n) is 3.60. The van der Waals surface area contributed by atoms with Gasteiger partial charge in [0.25, 0.3) is 0 Å². The van der Waals surface area contributed by atoms with Crippen molar-refractivity contribution in [1.82, 2.24) is 19.5 Å². The van der Waals surface area contributed by atoms with Crippen LogP contribution in [0.15, 0.2) is 60.0 Å². The molecule has 0 bridgehead atoms. The second-order valence-corrected chi connectivity index (χ2v) is 6.98. The van der Waals surface area contributed by atoms with E-state index in [1.54, 1.807) is 35.9 Å². The molecule has 0 fully saturated rings. The molecule has 0 aliphatic rings. The second-order valence-electron chi connectivity index (χ2n) is 5.33. The van der Waals surface area contributed by atoms with Gasteiger partial charge in [-0.3, -0.25) is 0 Å². The zero-order valence-corrected chi connectivity index (χ0v) is 13.9. The molecule has 0 saturated carbocycles. The van der Waals surface area contributed by atoms with Gasteiger partial charge in [0.05, 0.1) is 5.69 Å². The molecule has 1 unspecified atom stereocenters. The minimum atomic E-state index is -4.35. The van der Waals surface area contributed by atoms with Crippen LogP contribution >= 0.6 is 0 Å². The fourth-order valence-electron chi connectivity index (χ4n) is 2.36. The van der Waals surface area contributed by atoms with E-state index in [1.165, 1.54) is 12.7 Å². The molecule has 0 radical (unpaired) electrons. The molecule has 1 atom stereocenters. The van der Waals surface area contributed by atoms with E-state index in [4.69, 9.17) is 0 Å². The second kappa shape index (κ2) is 6.69. The van der Waals surface area contributed by atoms with Gasteiger partial charge < -0.3 is 0 Å². The predicted octanol–water partition coefficient (Wildman–Crippen LogP) is 2.59. The highest BCUT2D eigenvalue weighted by Crippen LogP contribution is 2.22. The number of halogens is 2. The van der Waals surface area contributed by atoms with E-state index < -0.39 is 32.6 Å². The summed E-state index contributed by atoms with van der Waals surface area (Å²) in [7, 11) is -4.35. The summed E-state index contributed by atoms with van der Waals surface area (Å²) in [6.45, 7) is 1.58. The van der Waals surface area contributed by atoms with Crippen molar-refractivity contribution in [1.29, 1.82) is 0 Å². The quantitative estimate of drug-likeness (QED) is 0.755. The Bertz CT molecular complexity index is 954. The Kier molecular flexibility index (Phi) is 4.60. The normalized spacial score (nSPS) is 12.9. The SMILES string of the molecule is CC(NS(=O)(=O)c1c(F)cccc1F)c1ccc(-n2cncn2)cc1. The number of hydrogen-bond acceptors (Lipinski definition) is 4. The average Bonchev–Trinajstić information content (AvgIpc) is 3.08. The van der Waals surface area contributed by atoms with Crippen LogP contribution in [0.25, 0.3) is 5.69 Å². The zero-order chi connectivity index (χ0) is 18.0. The number of aromatic nitrogens is 3. The summed E-state index contributed by atoms with van der Waals surface area (Å²) >= 11 is 0. The van der Waals surface area contributed by atoms with Gasteiger partial charge in [-0.15, -0.1) is 0 Å². The number of rotatable bonds is 5. The first-order chi connectivity index (χ1) is 11.9. The first-order valence-corrected chi connectivity index (χ1v) is 8.78. The van der Waals surface area contributed by atoms with Crippen molar-refractivity contribution in [3.8, 4) is 5.69 Å². The molecule has 1 aromatic heterocycles. The summed E-state index contributed by atoms with van der Waals surface area (Å²) < 4.78 is 55.9. The lowest BCUT2D eigenvalue weighted by Crippen LogP contribution is -2.28. The molecule has 0 aliphatic carbocycles. The highest BCUT2D eigenvalue weighted by Gasteiger charge is 2.25. The Balaban J connectivity index is 1.83. The van der Waals surface area contributed by atoms with Gasteiger partial charge >= 0.3 is 0 Å². The van der Waals surface area contributed by atoms with Crippen LogP contribution in [0.5, 0.6) is 0 Å². The van der Waals surface area contributed by atoms with Crippen molar-refractivity contribution in [2.24, 2.45) is 0 Å². The van der Waals surface area contributed by atoms with Crippen LogP contribution in [0.3, 0.4) is 0 Å². The maximum Gasteiger partial charge on any atom is 0.246 e. The Morgan fingerprint density at radius 3 is 2.28 bits per heavy atom. The van der Waals surface area contributed by atoms with E-state index >= 15 is 0 Å². The number of benzene rings is 2. The third kappa shape index (κ3) is 3.57. The minimum Gasteiger partial charge on any atom is -0.223 e. The Labute approximate surface area is 143 Å². The first-order valence-electron chi connectivity index (χ1n) is 7.30. The predicted molar refractivity (Wildman–Crippen MR) is 86.5 cm³/mol. The van der Waals surface area contributed by atoms with Crippen molar-refractivity contribution in [3.05, 3.63) is 72.3 Å². The van der Waals surface area contributed by atoms with Gasteiger partial charge in [0.15, 0.2) is 4.90 Å². The van der Waals surface area contributed by atoms with E-state index in [-0.39, 0.29) is 0 Å². The van der Waals surface area contributed by atoms with E-state index in [0.29, 0.717) is 5.56 Å².